The molecule has 2 aromatic carbocycles. The first-order valence-corrected chi connectivity index (χ1v) is 5.84. The highest BCUT2D eigenvalue weighted by Gasteiger charge is 2.05. The lowest BCUT2D eigenvalue weighted by Gasteiger charge is -2.12. The minimum atomic E-state index is -0.445. The molecule has 0 spiro atoms. The largest absolute Gasteiger partial charge is 0.387 e. The van der Waals surface area contributed by atoms with Crippen molar-refractivity contribution in [1.29, 1.82) is 0 Å². The van der Waals surface area contributed by atoms with Gasteiger partial charge in [0.25, 0.3) is 0 Å². The molecule has 0 aliphatic rings. The lowest BCUT2D eigenvalue weighted by Crippen LogP contribution is -2.20. The van der Waals surface area contributed by atoms with E-state index >= 15 is 0 Å². The summed E-state index contributed by atoms with van der Waals surface area (Å²) in [6.45, 7) is 1.35. The van der Waals surface area contributed by atoms with Gasteiger partial charge in [-0.2, -0.15) is 0 Å². The third-order valence-corrected chi connectivity index (χ3v) is 2.69. The predicted molar refractivity (Wildman–Crippen MR) is 76.8 cm³/mol. The van der Waals surface area contributed by atoms with Crippen molar-refractivity contribution >= 4 is 12.4 Å². The molecule has 0 bridgehead atoms. The molecule has 2 rings (SSSR count). The van der Waals surface area contributed by atoms with Crippen molar-refractivity contribution in [1.82, 2.24) is 5.32 Å². The Labute approximate surface area is 114 Å². The molecular weight excluding hydrogens is 246 g/mol. The maximum atomic E-state index is 9.94. The highest BCUT2D eigenvalue weighted by molar-refractivity contribution is 5.85. The fraction of sp³-hybridized carbons (Fsp3) is 0.200. The van der Waals surface area contributed by atoms with Crippen LogP contribution < -0.4 is 5.32 Å². The summed E-state index contributed by atoms with van der Waals surface area (Å²) in [5.74, 6) is 0. The summed E-state index contributed by atoms with van der Waals surface area (Å²) >= 11 is 0. The lowest BCUT2D eigenvalue weighted by atomic mass is 10.1. The van der Waals surface area contributed by atoms with Crippen molar-refractivity contribution in [2.45, 2.75) is 12.6 Å². The van der Waals surface area contributed by atoms with Crippen LogP contribution in [0, 0.1) is 0 Å². The minimum absolute atomic E-state index is 0. The molecule has 0 heterocycles. The van der Waals surface area contributed by atoms with E-state index in [0.29, 0.717) is 6.54 Å². The molecule has 0 aliphatic carbocycles. The van der Waals surface area contributed by atoms with Crippen molar-refractivity contribution in [3.63, 3.8) is 0 Å². The molecule has 0 unspecified atom stereocenters. The third-order valence-electron chi connectivity index (χ3n) is 2.69. The van der Waals surface area contributed by atoms with Gasteiger partial charge >= 0.3 is 0 Å². The van der Waals surface area contributed by atoms with E-state index in [0.717, 1.165) is 12.1 Å². The molecule has 0 radical (unpaired) electrons. The van der Waals surface area contributed by atoms with Gasteiger partial charge in [0.15, 0.2) is 0 Å². The summed E-state index contributed by atoms with van der Waals surface area (Å²) in [4.78, 5) is 0. The summed E-state index contributed by atoms with van der Waals surface area (Å²) in [6, 6.07) is 19.9. The van der Waals surface area contributed by atoms with Gasteiger partial charge in [0, 0.05) is 13.1 Å². The first-order valence-electron chi connectivity index (χ1n) is 5.84. The molecule has 1 atom stereocenters. The smallest absolute Gasteiger partial charge is 0.0914 e. The molecule has 2 N–H and O–H groups in total. The van der Waals surface area contributed by atoms with Gasteiger partial charge in [-0.15, -0.1) is 12.4 Å². The Kier molecular flexibility index (Phi) is 6.44. The Morgan fingerprint density at radius 2 is 1.44 bits per heavy atom. The molecule has 0 aliphatic heterocycles. The molecule has 2 nitrogen and oxygen atoms in total. The first-order chi connectivity index (χ1) is 8.36. The molecule has 0 fully saturated rings. The van der Waals surface area contributed by atoms with E-state index in [-0.39, 0.29) is 12.4 Å². The summed E-state index contributed by atoms with van der Waals surface area (Å²) < 4.78 is 0. The van der Waals surface area contributed by atoms with Gasteiger partial charge in [0.1, 0.15) is 0 Å². The van der Waals surface area contributed by atoms with Crippen LogP contribution in [0.5, 0.6) is 0 Å². The van der Waals surface area contributed by atoms with Crippen LogP contribution >= 0.6 is 12.4 Å². The summed E-state index contributed by atoms with van der Waals surface area (Å²) in [5.41, 5.74) is 2.18. The number of aliphatic hydroxyl groups is 1. The Bertz CT molecular complexity index is 433. The Morgan fingerprint density at radius 3 is 2.06 bits per heavy atom. The number of hydrogen-bond acceptors (Lipinski definition) is 2. The average Bonchev–Trinajstić information content (AvgIpc) is 2.41. The van der Waals surface area contributed by atoms with Crippen LogP contribution in [-0.4, -0.2) is 11.7 Å². The second-order valence-corrected chi connectivity index (χ2v) is 4.04. The van der Waals surface area contributed by atoms with E-state index in [2.05, 4.69) is 17.4 Å². The molecule has 96 valence electrons. The number of hydrogen-bond donors (Lipinski definition) is 2. The van der Waals surface area contributed by atoms with Crippen molar-refractivity contribution in [2.24, 2.45) is 0 Å². The van der Waals surface area contributed by atoms with Gasteiger partial charge in [-0.3, -0.25) is 0 Å². The predicted octanol–water partition coefficient (Wildman–Crippen LogP) is 2.93. The monoisotopic (exact) mass is 263 g/mol. The molecular formula is C15H18ClNO. The van der Waals surface area contributed by atoms with Crippen LogP contribution in [-0.2, 0) is 6.54 Å². The maximum Gasteiger partial charge on any atom is 0.0914 e. The molecule has 18 heavy (non-hydrogen) atoms. The van der Waals surface area contributed by atoms with Crippen LogP contribution in [0.25, 0.3) is 0 Å². The highest BCUT2D eigenvalue weighted by atomic mass is 35.5. The van der Waals surface area contributed by atoms with E-state index in [1.54, 1.807) is 0 Å². The van der Waals surface area contributed by atoms with Gasteiger partial charge in [-0.25, -0.2) is 0 Å². The van der Waals surface area contributed by atoms with Gasteiger partial charge in [0.2, 0.25) is 0 Å². The van der Waals surface area contributed by atoms with Crippen LogP contribution in [0.1, 0.15) is 17.2 Å². The zero-order chi connectivity index (χ0) is 11.9. The van der Waals surface area contributed by atoms with Crippen molar-refractivity contribution < 1.29 is 5.11 Å². The van der Waals surface area contributed by atoms with E-state index in [4.69, 9.17) is 0 Å². The number of benzene rings is 2. The van der Waals surface area contributed by atoms with Crippen LogP contribution in [0.3, 0.4) is 0 Å². The number of halogens is 1. The summed E-state index contributed by atoms with van der Waals surface area (Å²) in [5, 5.41) is 13.2. The molecule has 2 aromatic rings. The topological polar surface area (TPSA) is 32.3 Å². The first kappa shape index (κ1) is 14.7. The van der Waals surface area contributed by atoms with Crippen molar-refractivity contribution in [2.75, 3.05) is 6.54 Å². The van der Waals surface area contributed by atoms with E-state index < -0.39 is 6.10 Å². The zero-order valence-electron chi connectivity index (χ0n) is 10.1. The average molecular weight is 264 g/mol. The molecule has 0 saturated heterocycles. The van der Waals surface area contributed by atoms with Gasteiger partial charge in [0.05, 0.1) is 6.10 Å². The summed E-state index contributed by atoms with van der Waals surface area (Å²) in [7, 11) is 0. The summed E-state index contributed by atoms with van der Waals surface area (Å²) in [6.07, 6.45) is -0.445. The number of nitrogens with one attached hydrogen (secondary N) is 1. The Morgan fingerprint density at radius 1 is 0.889 bits per heavy atom. The van der Waals surface area contributed by atoms with Crippen LogP contribution in [0.2, 0.25) is 0 Å². The molecule has 3 heteroatoms. The van der Waals surface area contributed by atoms with Crippen LogP contribution in [0.15, 0.2) is 60.7 Å². The Hall–Kier alpha value is -1.35. The minimum Gasteiger partial charge on any atom is -0.387 e. The fourth-order valence-electron chi connectivity index (χ4n) is 1.74. The van der Waals surface area contributed by atoms with Crippen molar-refractivity contribution in [3.8, 4) is 0 Å². The zero-order valence-corrected chi connectivity index (χ0v) is 10.9. The highest BCUT2D eigenvalue weighted by Crippen LogP contribution is 2.10. The number of rotatable bonds is 5. The van der Waals surface area contributed by atoms with Gasteiger partial charge < -0.3 is 10.4 Å². The fourth-order valence-corrected chi connectivity index (χ4v) is 1.74. The second-order valence-electron chi connectivity index (χ2n) is 4.04. The van der Waals surface area contributed by atoms with Crippen LogP contribution in [0.4, 0.5) is 0 Å². The standard InChI is InChI=1S/C15H17NO.ClH/c17-15(14-9-5-2-6-10-14)12-16-11-13-7-3-1-4-8-13;/h1-10,15-17H,11-12H2;1H/t15-;/m0./s1. The number of aliphatic hydroxyl groups excluding tert-OH is 1. The lowest BCUT2D eigenvalue weighted by molar-refractivity contribution is 0.174. The van der Waals surface area contributed by atoms with E-state index in [1.807, 2.05) is 48.5 Å². The van der Waals surface area contributed by atoms with E-state index in [1.165, 1.54) is 5.56 Å². The normalized spacial score (nSPS) is 11.6. The third kappa shape index (κ3) is 4.49. The second kappa shape index (κ2) is 7.88. The maximum absolute atomic E-state index is 9.94. The molecule has 0 saturated carbocycles. The SMILES string of the molecule is Cl.O[C@@H](CNCc1ccccc1)c1ccccc1. The molecule has 0 amide bonds. The van der Waals surface area contributed by atoms with Gasteiger partial charge in [-0.1, -0.05) is 60.7 Å². The Balaban J connectivity index is 0.00000162. The van der Waals surface area contributed by atoms with Crippen molar-refractivity contribution in [3.05, 3.63) is 71.8 Å². The van der Waals surface area contributed by atoms with E-state index in [9.17, 15) is 5.11 Å². The van der Waals surface area contributed by atoms with Gasteiger partial charge in [-0.05, 0) is 11.1 Å². The quantitative estimate of drug-likeness (QED) is 0.869. The molecule has 0 aromatic heterocycles.